The summed E-state index contributed by atoms with van der Waals surface area (Å²) in [6, 6.07) is 13.9. The van der Waals surface area contributed by atoms with Gasteiger partial charge in [0, 0.05) is 48.9 Å². The van der Waals surface area contributed by atoms with Crippen LogP contribution in [0.3, 0.4) is 0 Å². The minimum absolute atomic E-state index is 0.672. The fourth-order valence-corrected chi connectivity index (χ4v) is 3.40. The van der Waals surface area contributed by atoms with Crippen LogP contribution in [0.5, 0.6) is 11.5 Å². The van der Waals surface area contributed by atoms with Gasteiger partial charge in [0.2, 0.25) is 0 Å². The molecule has 6 heteroatoms. The first-order valence-electron chi connectivity index (χ1n) is 9.07. The van der Waals surface area contributed by atoms with E-state index in [-0.39, 0.29) is 0 Å². The van der Waals surface area contributed by atoms with E-state index in [0.29, 0.717) is 26.3 Å². The molecular weight excluding hydrogens is 362 g/mol. The number of halogens is 1. The van der Waals surface area contributed by atoms with Crippen molar-refractivity contribution in [3.05, 3.63) is 64.8 Å². The molecule has 1 N–H and O–H groups in total. The van der Waals surface area contributed by atoms with Crippen LogP contribution in [0, 0.1) is 0 Å². The number of rotatable bonds is 5. The van der Waals surface area contributed by atoms with Gasteiger partial charge in [-0.25, -0.2) is 0 Å². The molecule has 0 unspecified atom stereocenters. The third-order valence-electron chi connectivity index (χ3n) is 4.51. The summed E-state index contributed by atoms with van der Waals surface area (Å²) in [5.41, 5.74) is 4.17. The molecule has 1 aliphatic rings. The summed E-state index contributed by atoms with van der Waals surface area (Å²) in [5.74, 6) is 1.58. The van der Waals surface area contributed by atoms with Crippen LogP contribution >= 0.6 is 11.6 Å². The Kier molecular flexibility index (Phi) is 5.32. The highest BCUT2D eigenvalue weighted by Gasteiger charge is 2.15. The first-order valence-corrected chi connectivity index (χ1v) is 9.45. The Bertz CT molecular complexity index is 939. The fourth-order valence-electron chi connectivity index (χ4n) is 3.19. The van der Waals surface area contributed by atoms with E-state index in [1.165, 1.54) is 0 Å². The average Bonchev–Trinajstić information content (AvgIpc) is 2.89. The van der Waals surface area contributed by atoms with Gasteiger partial charge in [0.05, 0.1) is 18.9 Å². The molecule has 1 aromatic heterocycles. The lowest BCUT2D eigenvalue weighted by Gasteiger charge is -2.10. The molecule has 5 nitrogen and oxygen atoms in total. The smallest absolute Gasteiger partial charge is 0.161 e. The Balaban J connectivity index is 1.53. The lowest BCUT2D eigenvalue weighted by atomic mass is 10.1. The fraction of sp³-hybridized carbons (Fsp3) is 0.286. The normalized spacial score (nSPS) is 13.4. The molecule has 0 radical (unpaired) electrons. The maximum absolute atomic E-state index is 6.24. The topological polar surface area (TPSA) is 48.3 Å². The van der Waals surface area contributed by atoms with E-state index >= 15 is 0 Å². The Morgan fingerprint density at radius 2 is 1.81 bits per heavy atom. The zero-order valence-electron chi connectivity index (χ0n) is 15.2. The predicted molar refractivity (Wildman–Crippen MR) is 106 cm³/mol. The molecule has 140 valence electrons. The average molecular weight is 384 g/mol. The van der Waals surface area contributed by atoms with Gasteiger partial charge in [0.15, 0.2) is 11.5 Å². The highest BCUT2D eigenvalue weighted by atomic mass is 35.5. The van der Waals surface area contributed by atoms with E-state index in [1.807, 2.05) is 60.4 Å². The van der Waals surface area contributed by atoms with Crippen molar-refractivity contribution in [2.45, 2.75) is 19.5 Å². The van der Waals surface area contributed by atoms with Gasteiger partial charge < -0.3 is 14.8 Å². The van der Waals surface area contributed by atoms with Crippen molar-refractivity contribution in [1.29, 1.82) is 0 Å². The first-order chi connectivity index (χ1) is 13.2. The summed E-state index contributed by atoms with van der Waals surface area (Å²) in [4.78, 5) is 0. The molecule has 0 amide bonds. The number of ether oxygens (including phenoxy) is 2. The largest absolute Gasteiger partial charge is 0.490 e. The van der Waals surface area contributed by atoms with Crippen LogP contribution in [0.1, 0.15) is 17.5 Å². The molecular formula is C21H22ClN3O2. The van der Waals surface area contributed by atoms with Gasteiger partial charge in [0.25, 0.3) is 0 Å². The van der Waals surface area contributed by atoms with Gasteiger partial charge in [-0.1, -0.05) is 29.8 Å². The number of aryl methyl sites for hydroxylation is 1. The van der Waals surface area contributed by atoms with Crippen LogP contribution in [0.2, 0.25) is 5.02 Å². The summed E-state index contributed by atoms with van der Waals surface area (Å²) in [5, 5.41) is 8.89. The second kappa shape index (κ2) is 8.03. The molecule has 0 aliphatic carbocycles. The molecule has 0 fully saturated rings. The van der Waals surface area contributed by atoms with Gasteiger partial charge in [-0.3, -0.25) is 4.68 Å². The Labute approximate surface area is 163 Å². The lowest BCUT2D eigenvalue weighted by Crippen LogP contribution is -2.13. The summed E-state index contributed by atoms with van der Waals surface area (Å²) in [7, 11) is 1.93. The zero-order chi connectivity index (χ0) is 18.6. The van der Waals surface area contributed by atoms with Gasteiger partial charge >= 0.3 is 0 Å². The third-order valence-corrected chi connectivity index (χ3v) is 4.88. The number of fused-ring (bicyclic) bond motifs is 1. The first kappa shape index (κ1) is 17.9. The monoisotopic (exact) mass is 383 g/mol. The van der Waals surface area contributed by atoms with Crippen LogP contribution in [-0.4, -0.2) is 23.0 Å². The van der Waals surface area contributed by atoms with Gasteiger partial charge in [-0.2, -0.15) is 5.10 Å². The number of hydrogen-bond donors (Lipinski definition) is 1. The Hall–Kier alpha value is -2.50. The van der Waals surface area contributed by atoms with Crippen molar-refractivity contribution >= 4 is 11.6 Å². The van der Waals surface area contributed by atoms with Crippen molar-refractivity contribution in [1.82, 2.24) is 15.1 Å². The second-order valence-corrected chi connectivity index (χ2v) is 6.99. The summed E-state index contributed by atoms with van der Waals surface area (Å²) >= 11 is 6.24. The van der Waals surface area contributed by atoms with Gasteiger partial charge in [-0.05, 0) is 29.8 Å². The highest BCUT2D eigenvalue weighted by molar-refractivity contribution is 6.31. The predicted octanol–water partition coefficient (Wildman–Crippen LogP) is 4.19. The maximum Gasteiger partial charge on any atom is 0.161 e. The van der Waals surface area contributed by atoms with Crippen LogP contribution in [0.4, 0.5) is 0 Å². The molecule has 0 atom stereocenters. The molecule has 27 heavy (non-hydrogen) atoms. The molecule has 0 bridgehead atoms. The minimum Gasteiger partial charge on any atom is -0.490 e. The maximum atomic E-state index is 6.24. The second-order valence-electron chi connectivity index (χ2n) is 6.58. The number of hydrogen-bond acceptors (Lipinski definition) is 4. The Morgan fingerprint density at radius 1 is 1.04 bits per heavy atom. The number of benzene rings is 2. The van der Waals surface area contributed by atoms with Crippen molar-refractivity contribution in [2.24, 2.45) is 7.05 Å². The number of nitrogens with one attached hydrogen (secondary N) is 1. The van der Waals surface area contributed by atoms with E-state index in [9.17, 15) is 0 Å². The molecule has 4 rings (SSSR count). The lowest BCUT2D eigenvalue weighted by molar-refractivity contribution is 0.297. The van der Waals surface area contributed by atoms with E-state index in [4.69, 9.17) is 21.1 Å². The molecule has 3 aromatic rings. The zero-order valence-corrected chi connectivity index (χ0v) is 16.0. The van der Waals surface area contributed by atoms with Gasteiger partial charge in [-0.15, -0.1) is 0 Å². The molecule has 0 spiro atoms. The number of aromatic nitrogens is 2. The van der Waals surface area contributed by atoms with Crippen LogP contribution < -0.4 is 14.8 Å². The summed E-state index contributed by atoms with van der Waals surface area (Å²) in [6.45, 7) is 2.76. The van der Waals surface area contributed by atoms with E-state index in [0.717, 1.165) is 45.3 Å². The minimum atomic E-state index is 0.672. The molecule has 1 aliphatic heterocycles. The van der Waals surface area contributed by atoms with E-state index in [2.05, 4.69) is 10.4 Å². The molecule has 0 saturated carbocycles. The summed E-state index contributed by atoms with van der Waals surface area (Å²) < 4.78 is 13.4. The van der Waals surface area contributed by atoms with Crippen LogP contribution in [0.25, 0.3) is 11.3 Å². The van der Waals surface area contributed by atoms with Crippen molar-refractivity contribution in [3.63, 3.8) is 0 Å². The highest BCUT2D eigenvalue weighted by Crippen LogP contribution is 2.34. The van der Waals surface area contributed by atoms with Gasteiger partial charge in [0.1, 0.15) is 0 Å². The molecule has 0 saturated heterocycles. The quantitative estimate of drug-likeness (QED) is 0.717. The molecule has 2 heterocycles. The van der Waals surface area contributed by atoms with Crippen LogP contribution in [0.15, 0.2) is 48.7 Å². The SMILES string of the molecule is Cn1cc(CNCc2ccccc2Cl)c(-c2ccc3c(c2)OCCCO3)n1. The third kappa shape index (κ3) is 4.10. The standard InChI is InChI=1S/C21H22ClN3O2/c1-25-14-17(13-23-12-16-5-2-3-6-18(16)22)21(24-25)15-7-8-19-20(11-15)27-10-4-9-26-19/h2-3,5-8,11,14,23H,4,9-10,12-13H2,1H3. The number of nitrogens with zero attached hydrogens (tertiary/aromatic N) is 2. The molecule has 2 aromatic carbocycles. The Morgan fingerprint density at radius 3 is 2.67 bits per heavy atom. The van der Waals surface area contributed by atoms with Crippen molar-refractivity contribution in [3.8, 4) is 22.8 Å². The van der Waals surface area contributed by atoms with E-state index < -0.39 is 0 Å². The van der Waals surface area contributed by atoms with E-state index in [1.54, 1.807) is 0 Å². The summed E-state index contributed by atoms with van der Waals surface area (Å²) in [6.07, 6.45) is 2.93. The van der Waals surface area contributed by atoms with Crippen LogP contribution in [-0.2, 0) is 20.1 Å². The van der Waals surface area contributed by atoms with Crippen molar-refractivity contribution in [2.75, 3.05) is 13.2 Å². The van der Waals surface area contributed by atoms with Crippen molar-refractivity contribution < 1.29 is 9.47 Å².